The van der Waals surface area contributed by atoms with E-state index in [9.17, 15) is 5.11 Å². The standard InChI is InChI=1S/C13H16N2O2/c1-9(14)12(8-16)17-11-6-2-4-10-5-3-7-15-13(10)11/h2-7,9,12,16H,8,14H2,1H3. The van der Waals surface area contributed by atoms with Crippen LogP contribution >= 0.6 is 0 Å². The number of fused-ring (bicyclic) bond motifs is 1. The average molecular weight is 232 g/mol. The summed E-state index contributed by atoms with van der Waals surface area (Å²) in [4.78, 5) is 4.28. The normalized spacial score (nSPS) is 14.5. The number of rotatable bonds is 4. The van der Waals surface area contributed by atoms with E-state index in [-0.39, 0.29) is 12.6 Å². The second kappa shape index (κ2) is 5.12. The molecule has 90 valence electrons. The third-order valence-corrected chi connectivity index (χ3v) is 2.64. The van der Waals surface area contributed by atoms with Gasteiger partial charge in [-0.3, -0.25) is 4.98 Å². The van der Waals surface area contributed by atoms with Crippen LogP contribution in [0.15, 0.2) is 36.5 Å². The van der Waals surface area contributed by atoms with Crippen molar-refractivity contribution < 1.29 is 9.84 Å². The van der Waals surface area contributed by atoms with Crippen molar-refractivity contribution in [2.24, 2.45) is 5.73 Å². The van der Waals surface area contributed by atoms with Gasteiger partial charge in [-0.2, -0.15) is 0 Å². The summed E-state index contributed by atoms with van der Waals surface area (Å²) >= 11 is 0. The Kier molecular flexibility index (Phi) is 3.56. The van der Waals surface area contributed by atoms with Gasteiger partial charge in [0.15, 0.2) is 0 Å². The number of nitrogens with zero attached hydrogens (tertiary/aromatic N) is 1. The highest BCUT2D eigenvalue weighted by Gasteiger charge is 2.15. The lowest BCUT2D eigenvalue weighted by Crippen LogP contribution is -2.39. The summed E-state index contributed by atoms with van der Waals surface area (Å²) in [5, 5.41) is 10.2. The number of ether oxygens (including phenoxy) is 1. The van der Waals surface area contributed by atoms with Crippen LogP contribution in [0.3, 0.4) is 0 Å². The average Bonchev–Trinajstić information content (AvgIpc) is 2.35. The fourth-order valence-corrected chi connectivity index (χ4v) is 1.65. The van der Waals surface area contributed by atoms with Gasteiger partial charge in [0.2, 0.25) is 0 Å². The monoisotopic (exact) mass is 232 g/mol. The van der Waals surface area contributed by atoms with Gasteiger partial charge in [0, 0.05) is 17.6 Å². The molecule has 0 spiro atoms. The van der Waals surface area contributed by atoms with Crippen LogP contribution in [0.5, 0.6) is 5.75 Å². The van der Waals surface area contributed by atoms with Gasteiger partial charge >= 0.3 is 0 Å². The largest absolute Gasteiger partial charge is 0.484 e. The van der Waals surface area contributed by atoms with Crippen LogP contribution in [0.25, 0.3) is 10.9 Å². The van der Waals surface area contributed by atoms with Crippen molar-refractivity contribution in [3.63, 3.8) is 0 Å². The van der Waals surface area contributed by atoms with E-state index in [1.807, 2.05) is 30.3 Å². The molecule has 2 rings (SSSR count). The van der Waals surface area contributed by atoms with Crippen LogP contribution < -0.4 is 10.5 Å². The smallest absolute Gasteiger partial charge is 0.146 e. The van der Waals surface area contributed by atoms with Crippen molar-refractivity contribution >= 4 is 10.9 Å². The Labute approximate surface area is 100 Å². The zero-order valence-electron chi connectivity index (χ0n) is 9.71. The van der Waals surface area contributed by atoms with E-state index >= 15 is 0 Å². The van der Waals surface area contributed by atoms with Crippen molar-refractivity contribution in [1.82, 2.24) is 4.98 Å². The van der Waals surface area contributed by atoms with Crippen LogP contribution in [0, 0.1) is 0 Å². The maximum absolute atomic E-state index is 9.20. The molecule has 3 N–H and O–H groups in total. The molecule has 2 atom stereocenters. The van der Waals surface area contributed by atoms with Crippen molar-refractivity contribution in [2.75, 3.05) is 6.61 Å². The van der Waals surface area contributed by atoms with Gasteiger partial charge in [-0.1, -0.05) is 18.2 Å². The molecule has 4 nitrogen and oxygen atoms in total. The fraction of sp³-hybridized carbons (Fsp3) is 0.308. The number of aliphatic hydroxyl groups is 1. The van der Waals surface area contributed by atoms with Crippen LogP contribution in [0.1, 0.15) is 6.92 Å². The maximum atomic E-state index is 9.20. The highest BCUT2D eigenvalue weighted by atomic mass is 16.5. The molecule has 0 aliphatic rings. The number of nitrogens with two attached hydrogens (primary N) is 1. The second-order valence-electron chi connectivity index (χ2n) is 4.03. The van der Waals surface area contributed by atoms with Gasteiger partial charge in [-0.25, -0.2) is 0 Å². The molecule has 2 unspecified atom stereocenters. The molecule has 0 bridgehead atoms. The molecule has 17 heavy (non-hydrogen) atoms. The Morgan fingerprint density at radius 1 is 1.35 bits per heavy atom. The van der Waals surface area contributed by atoms with Gasteiger partial charge in [-0.15, -0.1) is 0 Å². The molecule has 1 aromatic heterocycles. The summed E-state index contributed by atoms with van der Waals surface area (Å²) in [6.45, 7) is 1.69. The first-order chi connectivity index (χ1) is 8.22. The van der Waals surface area contributed by atoms with Crippen LogP contribution in [-0.4, -0.2) is 28.8 Å². The van der Waals surface area contributed by atoms with E-state index in [4.69, 9.17) is 10.5 Å². The van der Waals surface area contributed by atoms with Crippen molar-refractivity contribution in [1.29, 1.82) is 0 Å². The Balaban J connectivity index is 2.35. The quantitative estimate of drug-likeness (QED) is 0.834. The van der Waals surface area contributed by atoms with Gasteiger partial charge < -0.3 is 15.6 Å². The molecule has 0 saturated heterocycles. The molecular weight excluding hydrogens is 216 g/mol. The molecule has 2 aromatic rings. The third-order valence-electron chi connectivity index (χ3n) is 2.64. The van der Waals surface area contributed by atoms with Gasteiger partial charge in [0.25, 0.3) is 0 Å². The van der Waals surface area contributed by atoms with Crippen LogP contribution in [0.2, 0.25) is 0 Å². The molecule has 0 aliphatic heterocycles. The highest BCUT2D eigenvalue weighted by molar-refractivity contribution is 5.84. The molecule has 0 saturated carbocycles. The zero-order valence-corrected chi connectivity index (χ0v) is 9.71. The van der Waals surface area contributed by atoms with Crippen LogP contribution in [0.4, 0.5) is 0 Å². The fourth-order valence-electron chi connectivity index (χ4n) is 1.65. The maximum Gasteiger partial charge on any atom is 0.146 e. The molecule has 0 fully saturated rings. The third kappa shape index (κ3) is 2.54. The number of aliphatic hydroxyl groups excluding tert-OH is 1. The lowest BCUT2D eigenvalue weighted by atomic mass is 10.2. The van der Waals surface area contributed by atoms with Gasteiger partial charge in [-0.05, 0) is 19.1 Å². The van der Waals surface area contributed by atoms with Crippen molar-refractivity contribution in [2.45, 2.75) is 19.1 Å². The Hall–Kier alpha value is -1.65. The molecule has 4 heteroatoms. The van der Waals surface area contributed by atoms with E-state index in [0.29, 0.717) is 5.75 Å². The molecule has 1 heterocycles. The molecule has 0 aliphatic carbocycles. The minimum absolute atomic E-state index is 0.110. The lowest BCUT2D eigenvalue weighted by Gasteiger charge is -2.20. The topological polar surface area (TPSA) is 68.4 Å². The number of benzene rings is 1. The summed E-state index contributed by atoms with van der Waals surface area (Å²) in [7, 11) is 0. The van der Waals surface area contributed by atoms with Gasteiger partial charge in [0.1, 0.15) is 17.4 Å². The van der Waals surface area contributed by atoms with E-state index in [2.05, 4.69) is 4.98 Å². The van der Waals surface area contributed by atoms with Crippen molar-refractivity contribution in [3.05, 3.63) is 36.5 Å². The minimum atomic E-state index is -0.414. The molecule has 0 amide bonds. The van der Waals surface area contributed by atoms with Crippen LogP contribution in [-0.2, 0) is 0 Å². The Bertz CT molecular complexity index is 494. The highest BCUT2D eigenvalue weighted by Crippen LogP contribution is 2.24. The number of hydrogen-bond donors (Lipinski definition) is 2. The second-order valence-corrected chi connectivity index (χ2v) is 4.03. The summed E-state index contributed by atoms with van der Waals surface area (Å²) in [5.74, 6) is 0.652. The number of aromatic nitrogens is 1. The van der Waals surface area contributed by atoms with E-state index < -0.39 is 6.10 Å². The molecule has 1 aromatic carbocycles. The summed E-state index contributed by atoms with van der Waals surface area (Å²) in [6.07, 6.45) is 1.30. The molecule has 0 radical (unpaired) electrons. The predicted octanol–water partition coefficient (Wildman–Crippen LogP) is 1.32. The van der Waals surface area contributed by atoms with Gasteiger partial charge in [0.05, 0.1) is 6.61 Å². The lowest BCUT2D eigenvalue weighted by molar-refractivity contribution is 0.100. The SMILES string of the molecule is CC(N)C(CO)Oc1cccc2cccnc12. The predicted molar refractivity (Wildman–Crippen MR) is 66.9 cm³/mol. The van der Waals surface area contributed by atoms with Crippen molar-refractivity contribution in [3.8, 4) is 5.75 Å². The zero-order chi connectivity index (χ0) is 12.3. The van der Waals surface area contributed by atoms with E-state index in [1.165, 1.54) is 0 Å². The molecular formula is C13H16N2O2. The number of pyridine rings is 1. The first-order valence-corrected chi connectivity index (χ1v) is 5.59. The first-order valence-electron chi connectivity index (χ1n) is 5.59. The van der Waals surface area contributed by atoms with E-state index in [0.717, 1.165) is 10.9 Å². The first kappa shape index (κ1) is 11.8. The summed E-state index contributed by atoms with van der Waals surface area (Å²) in [6, 6.07) is 9.31. The summed E-state index contributed by atoms with van der Waals surface area (Å²) < 4.78 is 5.70. The number of hydrogen-bond acceptors (Lipinski definition) is 4. The Morgan fingerprint density at radius 3 is 2.82 bits per heavy atom. The number of para-hydroxylation sites is 1. The Morgan fingerprint density at radius 2 is 2.12 bits per heavy atom. The minimum Gasteiger partial charge on any atom is -0.484 e. The van der Waals surface area contributed by atoms with E-state index in [1.54, 1.807) is 13.1 Å². The summed E-state index contributed by atoms with van der Waals surface area (Å²) in [5.41, 5.74) is 6.52.